The Balaban J connectivity index is 1.55. The summed E-state index contributed by atoms with van der Waals surface area (Å²) in [6.07, 6.45) is 7.06. The molecule has 0 amide bonds. The maximum absolute atomic E-state index is 6.07. The SMILES string of the molecule is Cc1cccc(C)c1OCCn1cc(/C=N/n2cnnc2)c2ccccc21. The summed E-state index contributed by atoms with van der Waals surface area (Å²) >= 11 is 0. The summed E-state index contributed by atoms with van der Waals surface area (Å²) in [6.45, 7) is 5.51. The number of rotatable bonds is 6. The summed E-state index contributed by atoms with van der Waals surface area (Å²) in [4.78, 5) is 0. The van der Waals surface area contributed by atoms with Crippen molar-refractivity contribution in [2.75, 3.05) is 6.61 Å². The minimum atomic E-state index is 0.604. The lowest BCUT2D eigenvalue weighted by atomic mass is 10.1. The molecule has 0 N–H and O–H groups in total. The van der Waals surface area contributed by atoms with Crippen molar-refractivity contribution >= 4 is 17.1 Å². The van der Waals surface area contributed by atoms with Crippen molar-refractivity contribution in [2.24, 2.45) is 5.10 Å². The predicted molar refractivity (Wildman–Crippen MR) is 106 cm³/mol. The van der Waals surface area contributed by atoms with Crippen LogP contribution < -0.4 is 4.74 Å². The molecule has 2 aromatic carbocycles. The van der Waals surface area contributed by atoms with E-state index in [1.165, 1.54) is 0 Å². The van der Waals surface area contributed by atoms with Crippen molar-refractivity contribution < 1.29 is 4.74 Å². The molecular weight excluding hydrogens is 338 g/mol. The molecule has 6 heteroatoms. The van der Waals surface area contributed by atoms with Crippen molar-refractivity contribution in [1.29, 1.82) is 0 Å². The normalized spacial score (nSPS) is 11.5. The maximum atomic E-state index is 6.07. The molecule has 2 aromatic heterocycles. The van der Waals surface area contributed by atoms with Gasteiger partial charge in [-0.25, -0.2) is 4.68 Å². The van der Waals surface area contributed by atoms with Crippen LogP contribution in [0.3, 0.4) is 0 Å². The Bertz CT molecular complexity index is 1060. The Kier molecular flexibility index (Phi) is 4.70. The van der Waals surface area contributed by atoms with Crippen molar-refractivity contribution in [3.63, 3.8) is 0 Å². The zero-order valence-corrected chi connectivity index (χ0v) is 15.4. The van der Waals surface area contributed by atoms with Crippen LogP contribution in [0.15, 0.2) is 66.4 Å². The zero-order valence-electron chi connectivity index (χ0n) is 15.4. The van der Waals surface area contributed by atoms with E-state index in [-0.39, 0.29) is 0 Å². The van der Waals surface area contributed by atoms with E-state index in [1.807, 2.05) is 18.3 Å². The van der Waals surface area contributed by atoms with Gasteiger partial charge in [0.1, 0.15) is 25.0 Å². The summed E-state index contributed by atoms with van der Waals surface area (Å²) in [5.74, 6) is 0.975. The highest BCUT2D eigenvalue weighted by molar-refractivity contribution is 5.99. The van der Waals surface area contributed by atoms with Crippen LogP contribution in [-0.4, -0.2) is 32.3 Å². The quantitative estimate of drug-likeness (QED) is 0.492. The van der Waals surface area contributed by atoms with E-state index in [9.17, 15) is 0 Å². The van der Waals surface area contributed by atoms with Crippen LogP contribution in [-0.2, 0) is 6.54 Å². The molecule has 6 nitrogen and oxygen atoms in total. The molecule has 2 heterocycles. The second-order valence-corrected chi connectivity index (χ2v) is 6.45. The molecule has 4 rings (SSSR count). The maximum Gasteiger partial charge on any atom is 0.141 e. The largest absolute Gasteiger partial charge is 0.491 e. The summed E-state index contributed by atoms with van der Waals surface area (Å²) in [6, 6.07) is 14.5. The van der Waals surface area contributed by atoms with Crippen molar-refractivity contribution in [2.45, 2.75) is 20.4 Å². The molecule has 0 saturated heterocycles. The third-order valence-corrected chi connectivity index (χ3v) is 4.54. The molecule has 4 aromatic rings. The van der Waals surface area contributed by atoms with E-state index in [0.717, 1.165) is 39.9 Å². The zero-order chi connectivity index (χ0) is 18.6. The summed E-state index contributed by atoms with van der Waals surface area (Å²) in [5.41, 5.74) is 4.53. The van der Waals surface area contributed by atoms with Crippen molar-refractivity contribution in [3.8, 4) is 5.75 Å². The van der Waals surface area contributed by atoms with E-state index < -0.39 is 0 Å². The van der Waals surface area contributed by atoms with Crippen molar-refractivity contribution in [3.05, 3.63) is 78.0 Å². The molecule has 27 heavy (non-hydrogen) atoms. The monoisotopic (exact) mass is 359 g/mol. The first-order chi connectivity index (χ1) is 13.2. The molecule has 136 valence electrons. The fourth-order valence-electron chi connectivity index (χ4n) is 3.22. The molecule has 0 saturated carbocycles. The molecule has 0 aliphatic rings. The standard InChI is InChI=1S/C21H21N5O/c1-16-6-5-7-17(2)21(16)27-11-10-25-13-18(12-24-26-14-22-23-15-26)19-8-3-4-9-20(19)25/h3-9,12-15H,10-11H2,1-2H3/b24-12+. The van der Waals surface area contributed by atoms with E-state index >= 15 is 0 Å². The number of aromatic nitrogens is 4. The summed E-state index contributed by atoms with van der Waals surface area (Å²) < 4.78 is 9.86. The van der Waals surface area contributed by atoms with Crippen LogP contribution in [0.2, 0.25) is 0 Å². The molecular formula is C21H21N5O. The highest BCUT2D eigenvalue weighted by Crippen LogP contribution is 2.23. The second-order valence-electron chi connectivity index (χ2n) is 6.45. The van der Waals surface area contributed by atoms with Crippen LogP contribution in [0, 0.1) is 13.8 Å². The molecule has 0 atom stereocenters. The van der Waals surface area contributed by atoms with Crippen LogP contribution >= 0.6 is 0 Å². The Morgan fingerprint density at radius 1 is 1.00 bits per heavy atom. The number of hydrogen-bond donors (Lipinski definition) is 0. The lowest BCUT2D eigenvalue weighted by Gasteiger charge is -2.12. The third kappa shape index (κ3) is 3.60. The fraction of sp³-hybridized carbons (Fsp3) is 0.190. The number of hydrogen-bond acceptors (Lipinski definition) is 4. The average Bonchev–Trinajstić information content (AvgIpc) is 3.31. The number of benzene rings is 2. The van der Waals surface area contributed by atoms with Gasteiger partial charge in [0.25, 0.3) is 0 Å². The van der Waals surface area contributed by atoms with Gasteiger partial charge in [0.15, 0.2) is 0 Å². The molecule has 0 aliphatic carbocycles. The average molecular weight is 359 g/mol. The number of ether oxygens (including phenoxy) is 1. The Hall–Kier alpha value is -3.41. The summed E-state index contributed by atoms with van der Waals surface area (Å²) in [7, 11) is 0. The Labute approximate surface area is 157 Å². The number of para-hydroxylation sites is 2. The molecule has 0 bridgehead atoms. The number of aryl methyl sites for hydroxylation is 2. The van der Waals surface area contributed by atoms with Gasteiger partial charge in [-0.1, -0.05) is 36.4 Å². The van der Waals surface area contributed by atoms with Gasteiger partial charge in [-0.2, -0.15) is 5.10 Å². The van der Waals surface area contributed by atoms with Gasteiger partial charge >= 0.3 is 0 Å². The van der Waals surface area contributed by atoms with Gasteiger partial charge in [0.05, 0.1) is 12.8 Å². The number of nitrogens with zero attached hydrogens (tertiary/aromatic N) is 5. The predicted octanol–water partition coefficient (Wildman–Crippen LogP) is 3.81. The van der Waals surface area contributed by atoms with Crippen LogP contribution in [0.4, 0.5) is 0 Å². The van der Waals surface area contributed by atoms with Gasteiger partial charge in [-0.3, -0.25) is 0 Å². The summed E-state index contributed by atoms with van der Waals surface area (Å²) in [5, 5.41) is 13.1. The minimum Gasteiger partial charge on any atom is -0.491 e. The van der Waals surface area contributed by atoms with Gasteiger partial charge in [0, 0.05) is 22.7 Å². The van der Waals surface area contributed by atoms with Gasteiger partial charge in [-0.15, -0.1) is 10.2 Å². The first kappa shape index (κ1) is 17.0. The van der Waals surface area contributed by atoms with Gasteiger partial charge < -0.3 is 9.30 Å². The Morgan fingerprint density at radius 2 is 1.74 bits per heavy atom. The van der Waals surface area contributed by atoms with E-state index in [4.69, 9.17) is 4.74 Å². The highest BCUT2D eigenvalue weighted by Gasteiger charge is 2.08. The first-order valence-electron chi connectivity index (χ1n) is 8.88. The number of fused-ring (bicyclic) bond motifs is 1. The van der Waals surface area contributed by atoms with Crippen LogP contribution in [0.1, 0.15) is 16.7 Å². The molecule has 0 fully saturated rings. The van der Waals surface area contributed by atoms with E-state index in [0.29, 0.717) is 6.61 Å². The van der Waals surface area contributed by atoms with E-state index in [1.54, 1.807) is 17.3 Å². The molecule has 0 radical (unpaired) electrons. The van der Waals surface area contributed by atoms with Gasteiger partial charge in [0.2, 0.25) is 0 Å². The lowest BCUT2D eigenvalue weighted by molar-refractivity contribution is 0.296. The third-order valence-electron chi connectivity index (χ3n) is 4.54. The minimum absolute atomic E-state index is 0.604. The van der Waals surface area contributed by atoms with Gasteiger partial charge in [-0.05, 0) is 31.0 Å². The topological polar surface area (TPSA) is 57.2 Å². The van der Waals surface area contributed by atoms with Crippen LogP contribution in [0.5, 0.6) is 5.75 Å². The molecule has 0 spiro atoms. The van der Waals surface area contributed by atoms with Crippen LogP contribution in [0.25, 0.3) is 10.9 Å². The highest BCUT2D eigenvalue weighted by atomic mass is 16.5. The first-order valence-corrected chi connectivity index (χ1v) is 8.88. The fourth-order valence-corrected chi connectivity index (χ4v) is 3.22. The van der Waals surface area contributed by atoms with Crippen molar-refractivity contribution in [1.82, 2.24) is 19.4 Å². The lowest BCUT2D eigenvalue weighted by Crippen LogP contribution is -2.08. The smallest absolute Gasteiger partial charge is 0.141 e. The van der Waals surface area contributed by atoms with E-state index in [2.05, 4.69) is 70.2 Å². The second kappa shape index (κ2) is 7.45. The Morgan fingerprint density at radius 3 is 2.52 bits per heavy atom. The molecule has 0 aliphatic heterocycles. The molecule has 0 unspecified atom stereocenters.